The van der Waals surface area contributed by atoms with E-state index in [4.69, 9.17) is 0 Å². The molecule has 2 amide bonds. The Kier molecular flexibility index (Phi) is 4.49. The maximum Gasteiger partial charge on any atom is 0.320 e. The van der Waals surface area contributed by atoms with Crippen molar-refractivity contribution >= 4 is 6.03 Å². The standard InChI is InChI=1S/C16H29N3O/c1-14-6-8-18(9-7-14)16(20)19-12-10-17(11-13-19)15-4-2-3-5-15/h14-15H,2-13H2,1H3. The molecule has 3 aliphatic rings. The van der Waals surface area contributed by atoms with Gasteiger partial charge in [0.15, 0.2) is 0 Å². The number of piperidine rings is 1. The van der Waals surface area contributed by atoms with Gasteiger partial charge >= 0.3 is 6.03 Å². The first-order chi connectivity index (χ1) is 9.74. The number of piperazine rings is 1. The zero-order valence-corrected chi connectivity index (χ0v) is 12.9. The summed E-state index contributed by atoms with van der Waals surface area (Å²) in [6.45, 7) is 8.25. The second kappa shape index (κ2) is 6.33. The van der Waals surface area contributed by atoms with Crippen molar-refractivity contribution in [3.63, 3.8) is 0 Å². The summed E-state index contributed by atoms with van der Waals surface area (Å²) in [5, 5.41) is 0. The lowest BCUT2D eigenvalue weighted by atomic mass is 9.99. The van der Waals surface area contributed by atoms with Crippen LogP contribution in [-0.4, -0.2) is 66.0 Å². The predicted molar refractivity (Wildman–Crippen MR) is 80.8 cm³/mol. The molecule has 114 valence electrons. The quantitative estimate of drug-likeness (QED) is 0.737. The maximum atomic E-state index is 12.5. The number of hydrogen-bond donors (Lipinski definition) is 0. The number of carbonyl (C=O) groups excluding carboxylic acids is 1. The summed E-state index contributed by atoms with van der Waals surface area (Å²) >= 11 is 0. The van der Waals surface area contributed by atoms with E-state index in [1.807, 2.05) is 0 Å². The van der Waals surface area contributed by atoms with Gasteiger partial charge in [-0.1, -0.05) is 19.8 Å². The van der Waals surface area contributed by atoms with Crippen LogP contribution >= 0.6 is 0 Å². The van der Waals surface area contributed by atoms with Crippen LogP contribution in [0.5, 0.6) is 0 Å². The van der Waals surface area contributed by atoms with Crippen LogP contribution in [0.15, 0.2) is 0 Å². The van der Waals surface area contributed by atoms with E-state index in [1.165, 1.54) is 38.5 Å². The van der Waals surface area contributed by atoms with Gasteiger partial charge in [-0.05, 0) is 31.6 Å². The minimum absolute atomic E-state index is 0.294. The molecule has 2 heterocycles. The summed E-state index contributed by atoms with van der Waals surface area (Å²) in [7, 11) is 0. The lowest BCUT2D eigenvalue weighted by Crippen LogP contribution is -2.55. The molecule has 0 aromatic rings. The van der Waals surface area contributed by atoms with Gasteiger partial charge in [0.25, 0.3) is 0 Å². The van der Waals surface area contributed by atoms with Crippen molar-refractivity contribution < 1.29 is 4.79 Å². The Morgan fingerprint density at radius 2 is 1.35 bits per heavy atom. The third kappa shape index (κ3) is 3.11. The van der Waals surface area contributed by atoms with E-state index in [1.54, 1.807) is 0 Å². The highest BCUT2D eigenvalue weighted by Gasteiger charge is 2.30. The molecule has 4 nitrogen and oxygen atoms in total. The molecule has 1 saturated carbocycles. The Balaban J connectivity index is 1.46. The zero-order chi connectivity index (χ0) is 13.9. The maximum absolute atomic E-state index is 12.5. The molecule has 0 N–H and O–H groups in total. The molecule has 2 saturated heterocycles. The topological polar surface area (TPSA) is 26.8 Å². The lowest BCUT2D eigenvalue weighted by molar-refractivity contribution is 0.0853. The van der Waals surface area contributed by atoms with Crippen LogP contribution in [0.3, 0.4) is 0 Å². The van der Waals surface area contributed by atoms with Crippen molar-refractivity contribution in [2.45, 2.75) is 51.5 Å². The van der Waals surface area contributed by atoms with Crippen molar-refractivity contribution in [2.75, 3.05) is 39.3 Å². The van der Waals surface area contributed by atoms with E-state index in [0.717, 1.165) is 51.2 Å². The van der Waals surface area contributed by atoms with Gasteiger partial charge in [-0.2, -0.15) is 0 Å². The van der Waals surface area contributed by atoms with Gasteiger partial charge in [0, 0.05) is 45.3 Å². The smallest absolute Gasteiger partial charge is 0.320 e. The van der Waals surface area contributed by atoms with Crippen LogP contribution in [0.4, 0.5) is 4.79 Å². The van der Waals surface area contributed by atoms with E-state index in [9.17, 15) is 4.79 Å². The molecule has 0 aromatic carbocycles. The molecule has 0 spiro atoms. The fraction of sp³-hybridized carbons (Fsp3) is 0.938. The summed E-state index contributed by atoms with van der Waals surface area (Å²) < 4.78 is 0. The normalized spacial score (nSPS) is 27.2. The molecule has 1 aliphatic carbocycles. The van der Waals surface area contributed by atoms with Crippen molar-refractivity contribution in [1.29, 1.82) is 0 Å². The highest BCUT2D eigenvalue weighted by molar-refractivity contribution is 5.74. The summed E-state index contributed by atoms with van der Waals surface area (Å²) in [4.78, 5) is 19.3. The molecule has 0 radical (unpaired) electrons. The zero-order valence-electron chi connectivity index (χ0n) is 12.9. The number of nitrogens with zero attached hydrogens (tertiary/aromatic N) is 3. The predicted octanol–water partition coefficient (Wildman–Crippen LogP) is 2.40. The highest BCUT2D eigenvalue weighted by atomic mass is 16.2. The van der Waals surface area contributed by atoms with Crippen molar-refractivity contribution in [1.82, 2.24) is 14.7 Å². The monoisotopic (exact) mass is 279 g/mol. The van der Waals surface area contributed by atoms with E-state index < -0.39 is 0 Å². The molecule has 4 heteroatoms. The van der Waals surface area contributed by atoms with Crippen LogP contribution in [0, 0.1) is 5.92 Å². The van der Waals surface area contributed by atoms with Crippen LogP contribution in [0.1, 0.15) is 45.4 Å². The van der Waals surface area contributed by atoms with Crippen LogP contribution in [0.2, 0.25) is 0 Å². The molecular weight excluding hydrogens is 250 g/mol. The summed E-state index contributed by atoms with van der Waals surface area (Å²) in [6.07, 6.45) is 7.89. The van der Waals surface area contributed by atoms with Crippen molar-refractivity contribution in [3.8, 4) is 0 Å². The van der Waals surface area contributed by atoms with E-state index >= 15 is 0 Å². The van der Waals surface area contributed by atoms with E-state index in [2.05, 4.69) is 21.6 Å². The highest BCUT2D eigenvalue weighted by Crippen LogP contribution is 2.25. The molecular formula is C16H29N3O. The second-order valence-electron chi connectivity index (χ2n) is 6.91. The van der Waals surface area contributed by atoms with Gasteiger partial charge in [0.2, 0.25) is 0 Å². The van der Waals surface area contributed by atoms with E-state index in [0.29, 0.717) is 6.03 Å². The molecule has 3 rings (SSSR count). The third-order valence-corrected chi connectivity index (χ3v) is 5.48. The van der Waals surface area contributed by atoms with Gasteiger partial charge < -0.3 is 9.80 Å². The Labute approximate surface area is 123 Å². The number of urea groups is 1. The fourth-order valence-corrected chi connectivity index (χ4v) is 3.95. The molecule has 0 aromatic heterocycles. The Bertz CT molecular complexity index is 325. The lowest BCUT2D eigenvalue weighted by Gasteiger charge is -2.41. The second-order valence-corrected chi connectivity index (χ2v) is 6.91. The molecule has 20 heavy (non-hydrogen) atoms. The van der Waals surface area contributed by atoms with Gasteiger partial charge in [-0.15, -0.1) is 0 Å². The third-order valence-electron chi connectivity index (χ3n) is 5.48. The first kappa shape index (κ1) is 14.2. The van der Waals surface area contributed by atoms with Crippen molar-refractivity contribution in [3.05, 3.63) is 0 Å². The minimum Gasteiger partial charge on any atom is -0.325 e. The summed E-state index contributed by atoms with van der Waals surface area (Å²) in [5.41, 5.74) is 0. The first-order valence-corrected chi connectivity index (χ1v) is 8.52. The van der Waals surface area contributed by atoms with Crippen LogP contribution in [0.25, 0.3) is 0 Å². The SMILES string of the molecule is CC1CCN(C(=O)N2CCN(C3CCCC3)CC2)CC1. The average molecular weight is 279 g/mol. The largest absolute Gasteiger partial charge is 0.325 e. The number of amides is 2. The molecule has 0 bridgehead atoms. The fourth-order valence-electron chi connectivity index (χ4n) is 3.95. The summed E-state index contributed by atoms with van der Waals surface area (Å²) in [5.74, 6) is 0.790. The minimum atomic E-state index is 0.294. The van der Waals surface area contributed by atoms with Gasteiger partial charge in [-0.25, -0.2) is 4.79 Å². The number of hydrogen-bond acceptors (Lipinski definition) is 2. The van der Waals surface area contributed by atoms with Gasteiger partial charge in [0.1, 0.15) is 0 Å². The van der Waals surface area contributed by atoms with Crippen molar-refractivity contribution in [2.24, 2.45) is 5.92 Å². The Morgan fingerprint density at radius 3 is 1.95 bits per heavy atom. The number of likely N-dealkylation sites (tertiary alicyclic amines) is 1. The molecule has 0 unspecified atom stereocenters. The average Bonchev–Trinajstić information content (AvgIpc) is 3.02. The van der Waals surface area contributed by atoms with Gasteiger partial charge in [0.05, 0.1) is 0 Å². The van der Waals surface area contributed by atoms with E-state index in [-0.39, 0.29) is 0 Å². The number of carbonyl (C=O) groups is 1. The van der Waals surface area contributed by atoms with Crippen LogP contribution < -0.4 is 0 Å². The van der Waals surface area contributed by atoms with Crippen LogP contribution in [-0.2, 0) is 0 Å². The Morgan fingerprint density at radius 1 is 0.800 bits per heavy atom. The Hall–Kier alpha value is -0.770. The van der Waals surface area contributed by atoms with Gasteiger partial charge in [-0.3, -0.25) is 4.90 Å². The molecule has 3 fully saturated rings. The summed E-state index contributed by atoms with van der Waals surface area (Å²) in [6, 6.07) is 1.10. The molecule has 2 aliphatic heterocycles. The first-order valence-electron chi connectivity index (χ1n) is 8.52. The number of rotatable bonds is 1. The molecule has 0 atom stereocenters.